The fraction of sp³-hybridized carbons (Fsp3) is 0.857. The summed E-state index contributed by atoms with van der Waals surface area (Å²) in [4.78, 5) is 11.9. The van der Waals surface area contributed by atoms with E-state index in [4.69, 9.17) is 10.2 Å². The highest BCUT2D eigenvalue weighted by atomic mass is 16.4. The van der Waals surface area contributed by atoms with Crippen molar-refractivity contribution >= 4 is 6.09 Å². The van der Waals surface area contributed by atoms with E-state index in [2.05, 4.69) is 0 Å². The maximum Gasteiger partial charge on any atom is 0.407 e. The zero-order chi connectivity index (χ0) is 8.43. The maximum absolute atomic E-state index is 10.6. The SMILES string of the molecule is CC(CO)N(C(=O)O)C1CC1. The molecule has 0 radical (unpaired) electrons. The van der Waals surface area contributed by atoms with Gasteiger partial charge in [0, 0.05) is 6.04 Å². The van der Waals surface area contributed by atoms with Gasteiger partial charge in [-0.15, -0.1) is 0 Å². The van der Waals surface area contributed by atoms with Crippen LogP contribution in [0.3, 0.4) is 0 Å². The Bertz CT molecular complexity index is 156. The quantitative estimate of drug-likeness (QED) is 0.630. The molecule has 2 N–H and O–H groups in total. The summed E-state index contributed by atoms with van der Waals surface area (Å²) in [5.41, 5.74) is 0. The lowest BCUT2D eigenvalue weighted by molar-refractivity contribution is 0.0997. The zero-order valence-electron chi connectivity index (χ0n) is 6.53. The summed E-state index contributed by atoms with van der Waals surface area (Å²) in [6, 6.07) is -0.102. The first-order valence-corrected chi connectivity index (χ1v) is 3.79. The van der Waals surface area contributed by atoms with Gasteiger partial charge in [-0.1, -0.05) is 0 Å². The van der Waals surface area contributed by atoms with E-state index in [1.54, 1.807) is 6.92 Å². The van der Waals surface area contributed by atoms with Crippen LogP contribution in [0, 0.1) is 0 Å². The molecule has 0 spiro atoms. The molecule has 1 atom stereocenters. The predicted octanol–water partition coefficient (Wildman–Crippen LogP) is 0.510. The van der Waals surface area contributed by atoms with Crippen molar-refractivity contribution in [3.05, 3.63) is 0 Å². The van der Waals surface area contributed by atoms with Crippen LogP contribution >= 0.6 is 0 Å². The largest absolute Gasteiger partial charge is 0.465 e. The standard InChI is InChI=1S/C7H13NO3/c1-5(4-9)8(7(10)11)6-2-3-6/h5-6,9H,2-4H2,1H3,(H,10,11). The second-order valence-corrected chi connectivity index (χ2v) is 2.95. The van der Waals surface area contributed by atoms with Crippen molar-refractivity contribution in [2.24, 2.45) is 0 Å². The average Bonchev–Trinajstić information content (AvgIpc) is 2.71. The molecule has 1 saturated carbocycles. The van der Waals surface area contributed by atoms with Gasteiger partial charge in [0.25, 0.3) is 0 Å². The van der Waals surface area contributed by atoms with Crippen molar-refractivity contribution in [1.82, 2.24) is 4.90 Å². The predicted molar refractivity (Wildman–Crippen MR) is 39.4 cm³/mol. The Morgan fingerprint density at radius 1 is 1.73 bits per heavy atom. The van der Waals surface area contributed by atoms with E-state index >= 15 is 0 Å². The number of carbonyl (C=O) groups is 1. The van der Waals surface area contributed by atoms with Crippen LogP contribution in [0.5, 0.6) is 0 Å². The molecule has 4 nitrogen and oxygen atoms in total. The number of aliphatic hydroxyl groups excluding tert-OH is 1. The van der Waals surface area contributed by atoms with Gasteiger partial charge in [-0.25, -0.2) is 4.79 Å². The lowest BCUT2D eigenvalue weighted by Crippen LogP contribution is -2.41. The normalized spacial score (nSPS) is 19.5. The molecule has 1 rings (SSSR count). The lowest BCUT2D eigenvalue weighted by Gasteiger charge is -2.24. The molecule has 11 heavy (non-hydrogen) atoms. The third-order valence-electron chi connectivity index (χ3n) is 1.90. The molecule has 0 saturated heterocycles. The molecule has 0 heterocycles. The first-order chi connectivity index (χ1) is 5.16. The molecule has 64 valence electrons. The van der Waals surface area contributed by atoms with Gasteiger partial charge >= 0.3 is 6.09 Å². The van der Waals surface area contributed by atoms with E-state index in [-0.39, 0.29) is 18.7 Å². The van der Waals surface area contributed by atoms with Gasteiger partial charge < -0.3 is 15.1 Å². The van der Waals surface area contributed by atoms with Crippen molar-refractivity contribution in [3.8, 4) is 0 Å². The van der Waals surface area contributed by atoms with Crippen LogP contribution in [-0.2, 0) is 0 Å². The van der Waals surface area contributed by atoms with Gasteiger partial charge in [0.2, 0.25) is 0 Å². The topological polar surface area (TPSA) is 60.8 Å². The van der Waals surface area contributed by atoms with E-state index in [0.29, 0.717) is 0 Å². The van der Waals surface area contributed by atoms with E-state index < -0.39 is 6.09 Å². The Morgan fingerprint density at radius 3 is 2.55 bits per heavy atom. The fourth-order valence-electron chi connectivity index (χ4n) is 1.15. The molecular formula is C7H13NO3. The summed E-state index contributed by atoms with van der Waals surface area (Å²) in [6.45, 7) is 1.62. The minimum atomic E-state index is -0.922. The second-order valence-electron chi connectivity index (χ2n) is 2.95. The van der Waals surface area contributed by atoms with Crippen molar-refractivity contribution in [2.75, 3.05) is 6.61 Å². The number of nitrogens with zero attached hydrogens (tertiary/aromatic N) is 1. The summed E-state index contributed by atoms with van der Waals surface area (Å²) in [5.74, 6) is 0. The number of carboxylic acid groups (broad SMARTS) is 1. The Kier molecular flexibility index (Phi) is 2.34. The highest BCUT2D eigenvalue weighted by molar-refractivity contribution is 5.66. The molecule has 4 heteroatoms. The lowest BCUT2D eigenvalue weighted by atomic mass is 10.3. The Balaban J connectivity index is 2.50. The summed E-state index contributed by atoms with van der Waals surface area (Å²) in [7, 11) is 0. The van der Waals surface area contributed by atoms with Crippen molar-refractivity contribution in [2.45, 2.75) is 31.8 Å². The highest BCUT2D eigenvalue weighted by Gasteiger charge is 2.35. The number of amides is 1. The molecule has 0 bridgehead atoms. The highest BCUT2D eigenvalue weighted by Crippen LogP contribution is 2.28. The third-order valence-corrected chi connectivity index (χ3v) is 1.90. The Hall–Kier alpha value is -0.770. The van der Waals surface area contributed by atoms with E-state index in [1.807, 2.05) is 0 Å². The van der Waals surface area contributed by atoms with Gasteiger partial charge in [-0.05, 0) is 19.8 Å². The molecule has 1 aliphatic rings. The van der Waals surface area contributed by atoms with Gasteiger partial charge in [0.1, 0.15) is 0 Å². The molecule has 1 fully saturated rings. The number of hydrogen-bond donors (Lipinski definition) is 2. The van der Waals surface area contributed by atoms with Crippen LogP contribution in [0.2, 0.25) is 0 Å². The van der Waals surface area contributed by atoms with Crippen LogP contribution < -0.4 is 0 Å². The minimum absolute atomic E-state index is 0.0944. The molecule has 0 aromatic rings. The molecule has 0 aromatic heterocycles. The van der Waals surface area contributed by atoms with E-state index in [9.17, 15) is 4.79 Å². The smallest absolute Gasteiger partial charge is 0.407 e. The number of rotatable bonds is 3. The Morgan fingerprint density at radius 2 is 2.27 bits per heavy atom. The molecule has 1 amide bonds. The van der Waals surface area contributed by atoms with Gasteiger partial charge in [0.15, 0.2) is 0 Å². The van der Waals surface area contributed by atoms with Gasteiger partial charge in [-0.3, -0.25) is 0 Å². The van der Waals surface area contributed by atoms with Crippen LogP contribution in [0.1, 0.15) is 19.8 Å². The molecular weight excluding hydrogens is 146 g/mol. The van der Waals surface area contributed by atoms with Crippen molar-refractivity contribution in [1.29, 1.82) is 0 Å². The summed E-state index contributed by atoms with van der Waals surface area (Å²) in [6.07, 6.45) is 0.960. The van der Waals surface area contributed by atoms with E-state index in [0.717, 1.165) is 12.8 Å². The third kappa shape index (κ3) is 1.83. The molecule has 1 unspecified atom stereocenters. The van der Waals surface area contributed by atoms with Gasteiger partial charge in [-0.2, -0.15) is 0 Å². The molecule has 1 aliphatic carbocycles. The Labute approximate surface area is 65.4 Å². The van der Waals surface area contributed by atoms with Crippen LogP contribution in [-0.4, -0.2) is 39.9 Å². The van der Waals surface area contributed by atoms with Crippen LogP contribution in [0.25, 0.3) is 0 Å². The molecule has 0 aromatic carbocycles. The second kappa shape index (κ2) is 3.09. The number of aliphatic hydroxyl groups is 1. The summed E-state index contributed by atoms with van der Waals surface area (Å²) in [5, 5.41) is 17.4. The van der Waals surface area contributed by atoms with Crippen molar-refractivity contribution < 1.29 is 15.0 Å². The average molecular weight is 159 g/mol. The fourth-order valence-corrected chi connectivity index (χ4v) is 1.15. The number of hydrogen-bond acceptors (Lipinski definition) is 2. The monoisotopic (exact) mass is 159 g/mol. The van der Waals surface area contributed by atoms with E-state index in [1.165, 1.54) is 4.90 Å². The minimum Gasteiger partial charge on any atom is -0.465 e. The van der Waals surface area contributed by atoms with Gasteiger partial charge in [0.05, 0.1) is 12.6 Å². The first kappa shape index (κ1) is 8.33. The molecule has 0 aliphatic heterocycles. The zero-order valence-corrected chi connectivity index (χ0v) is 6.53. The first-order valence-electron chi connectivity index (χ1n) is 3.79. The van der Waals surface area contributed by atoms with Crippen LogP contribution in [0.15, 0.2) is 0 Å². The summed E-state index contributed by atoms with van der Waals surface area (Å²) < 4.78 is 0. The summed E-state index contributed by atoms with van der Waals surface area (Å²) >= 11 is 0. The maximum atomic E-state index is 10.6. The van der Waals surface area contributed by atoms with Crippen LogP contribution in [0.4, 0.5) is 4.79 Å². The van der Waals surface area contributed by atoms with Crippen molar-refractivity contribution in [3.63, 3.8) is 0 Å².